The van der Waals surface area contributed by atoms with Crippen LogP contribution in [0.15, 0.2) is 41.3 Å². The van der Waals surface area contributed by atoms with Gasteiger partial charge < -0.3 is 10.2 Å². The summed E-state index contributed by atoms with van der Waals surface area (Å²) in [6.45, 7) is 9.75. The molecular formula is C24H31N3OS. The van der Waals surface area contributed by atoms with Crippen molar-refractivity contribution >= 4 is 29.9 Å². The minimum Gasteiger partial charge on any atom is -0.370 e. The summed E-state index contributed by atoms with van der Waals surface area (Å²) in [4.78, 5) is 18.6. The van der Waals surface area contributed by atoms with Gasteiger partial charge in [-0.15, -0.1) is 12.6 Å². The molecule has 4 rings (SSSR count). The Labute approximate surface area is 179 Å². The van der Waals surface area contributed by atoms with Crippen molar-refractivity contribution in [3.8, 4) is 0 Å². The van der Waals surface area contributed by atoms with Gasteiger partial charge in [0.15, 0.2) is 0 Å². The van der Waals surface area contributed by atoms with Crippen LogP contribution in [0.3, 0.4) is 0 Å². The number of nitrogens with one attached hydrogen (secondary N) is 1. The van der Waals surface area contributed by atoms with E-state index in [9.17, 15) is 4.79 Å². The Balaban J connectivity index is 1.43. The molecule has 2 fully saturated rings. The van der Waals surface area contributed by atoms with Crippen LogP contribution in [0.5, 0.6) is 0 Å². The molecule has 0 aromatic heterocycles. The smallest absolute Gasteiger partial charge is 0.255 e. The number of carbonyl (C=O) groups excluding carboxylic acids is 1. The second kappa shape index (κ2) is 8.41. The van der Waals surface area contributed by atoms with Gasteiger partial charge in [-0.1, -0.05) is 17.7 Å². The molecule has 4 nitrogen and oxygen atoms in total. The average molecular weight is 410 g/mol. The zero-order chi connectivity index (χ0) is 20.5. The van der Waals surface area contributed by atoms with Gasteiger partial charge >= 0.3 is 0 Å². The van der Waals surface area contributed by atoms with Crippen LogP contribution < -0.4 is 10.2 Å². The van der Waals surface area contributed by atoms with Crippen LogP contribution in [-0.4, -0.2) is 42.5 Å². The highest BCUT2D eigenvalue weighted by Gasteiger charge is 2.33. The van der Waals surface area contributed by atoms with Gasteiger partial charge in [0.2, 0.25) is 0 Å². The van der Waals surface area contributed by atoms with Crippen LogP contribution in [0.25, 0.3) is 0 Å². The van der Waals surface area contributed by atoms with E-state index in [1.54, 1.807) is 0 Å². The third-order valence-electron chi connectivity index (χ3n) is 6.46. The van der Waals surface area contributed by atoms with Crippen molar-refractivity contribution in [2.75, 3.05) is 29.9 Å². The number of benzene rings is 2. The molecule has 2 aliphatic rings. The van der Waals surface area contributed by atoms with E-state index in [2.05, 4.69) is 46.8 Å². The molecule has 2 unspecified atom stereocenters. The molecule has 0 bridgehead atoms. The highest BCUT2D eigenvalue weighted by molar-refractivity contribution is 7.80. The van der Waals surface area contributed by atoms with Crippen molar-refractivity contribution in [2.24, 2.45) is 0 Å². The number of nitrogens with zero attached hydrogens (tertiary/aromatic N) is 2. The van der Waals surface area contributed by atoms with E-state index in [-0.39, 0.29) is 5.91 Å². The lowest BCUT2D eigenvalue weighted by Crippen LogP contribution is -2.39. The Morgan fingerprint density at radius 3 is 2.62 bits per heavy atom. The van der Waals surface area contributed by atoms with Gasteiger partial charge in [-0.3, -0.25) is 9.69 Å². The second-order valence-electron chi connectivity index (χ2n) is 8.59. The monoisotopic (exact) mass is 409 g/mol. The number of anilines is 2. The Bertz CT molecular complexity index is 913. The van der Waals surface area contributed by atoms with Crippen LogP contribution in [0.4, 0.5) is 11.4 Å². The molecule has 29 heavy (non-hydrogen) atoms. The van der Waals surface area contributed by atoms with Gasteiger partial charge in [0, 0.05) is 41.3 Å². The van der Waals surface area contributed by atoms with Gasteiger partial charge in [-0.2, -0.15) is 0 Å². The van der Waals surface area contributed by atoms with Gasteiger partial charge in [-0.25, -0.2) is 0 Å². The van der Waals surface area contributed by atoms with E-state index in [4.69, 9.17) is 0 Å². The topological polar surface area (TPSA) is 35.6 Å². The van der Waals surface area contributed by atoms with Gasteiger partial charge in [0.1, 0.15) is 0 Å². The zero-order valence-corrected chi connectivity index (χ0v) is 18.5. The number of hydrogen-bond donors (Lipinski definition) is 2. The van der Waals surface area contributed by atoms with E-state index in [1.165, 1.54) is 31.5 Å². The zero-order valence-electron chi connectivity index (χ0n) is 17.6. The van der Waals surface area contributed by atoms with Gasteiger partial charge in [0.05, 0.1) is 5.69 Å². The molecule has 2 aliphatic heterocycles. The average Bonchev–Trinajstić information content (AvgIpc) is 3.32. The summed E-state index contributed by atoms with van der Waals surface area (Å²) in [5.41, 5.74) is 4.79. The van der Waals surface area contributed by atoms with Crippen molar-refractivity contribution in [3.05, 3.63) is 53.1 Å². The van der Waals surface area contributed by atoms with E-state index < -0.39 is 0 Å². The van der Waals surface area contributed by atoms with Gasteiger partial charge in [-0.05, 0) is 76.4 Å². The third kappa shape index (κ3) is 4.31. The van der Waals surface area contributed by atoms with Crippen LogP contribution in [0, 0.1) is 13.8 Å². The molecule has 0 radical (unpaired) electrons. The summed E-state index contributed by atoms with van der Waals surface area (Å²) in [6, 6.07) is 13.4. The molecule has 2 heterocycles. The molecule has 2 aromatic rings. The van der Waals surface area contributed by atoms with Crippen molar-refractivity contribution in [1.29, 1.82) is 0 Å². The Kier molecular flexibility index (Phi) is 5.88. The maximum atomic E-state index is 12.7. The molecule has 2 aromatic carbocycles. The third-order valence-corrected chi connectivity index (χ3v) is 6.83. The quantitative estimate of drug-likeness (QED) is 0.705. The summed E-state index contributed by atoms with van der Waals surface area (Å²) in [5, 5.41) is 3.02. The largest absolute Gasteiger partial charge is 0.370 e. The maximum Gasteiger partial charge on any atom is 0.255 e. The number of hydrogen-bond acceptors (Lipinski definition) is 4. The molecular weight excluding hydrogens is 378 g/mol. The van der Waals surface area contributed by atoms with E-state index in [0.29, 0.717) is 17.6 Å². The highest BCUT2D eigenvalue weighted by Crippen LogP contribution is 2.31. The Hall–Kier alpha value is -1.98. The fourth-order valence-electron chi connectivity index (χ4n) is 4.83. The number of amides is 1. The first kappa shape index (κ1) is 20.3. The fraction of sp³-hybridized carbons (Fsp3) is 0.458. The molecule has 1 amide bonds. The number of carbonyl (C=O) groups is 1. The van der Waals surface area contributed by atoms with Crippen LogP contribution in [0.2, 0.25) is 0 Å². The lowest BCUT2D eigenvalue weighted by atomic mass is 10.1. The van der Waals surface area contributed by atoms with E-state index in [1.807, 2.05) is 38.1 Å². The minimum atomic E-state index is -0.0881. The standard InChI is InChI=1S/C24H31N3OS/c1-16-6-8-21(17(2)13-16)24(28)25-22-9-7-19(14-23(22)29)26-12-10-20(15-26)27-11-4-5-18(27)3/h6-9,13-14,18,20,29H,4-5,10-12,15H2,1-3H3,(H,25,28). The van der Waals surface area contributed by atoms with E-state index in [0.717, 1.165) is 34.8 Å². The minimum absolute atomic E-state index is 0.0881. The number of rotatable bonds is 4. The molecule has 2 atom stereocenters. The van der Waals surface area contributed by atoms with Crippen molar-refractivity contribution in [2.45, 2.75) is 57.0 Å². The second-order valence-corrected chi connectivity index (χ2v) is 9.07. The maximum absolute atomic E-state index is 12.7. The summed E-state index contributed by atoms with van der Waals surface area (Å²) >= 11 is 4.66. The van der Waals surface area contributed by atoms with Crippen LogP contribution >= 0.6 is 12.6 Å². The fourth-order valence-corrected chi connectivity index (χ4v) is 5.09. The molecule has 0 saturated carbocycles. The molecule has 0 spiro atoms. The lowest BCUT2D eigenvalue weighted by Gasteiger charge is -2.28. The predicted octanol–water partition coefficient (Wildman–Crippen LogP) is 4.91. The lowest BCUT2D eigenvalue weighted by molar-refractivity contribution is 0.102. The first-order valence-electron chi connectivity index (χ1n) is 10.6. The summed E-state index contributed by atoms with van der Waals surface area (Å²) < 4.78 is 0. The van der Waals surface area contributed by atoms with E-state index >= 15 is 0 Å². The van der Waals surface area contributed by atoms with Crippen molar-refractivity contribution in [1.82, 2.24) is 4.90 Å². The SMILES string of the molecule is Cc1ccc(C(=O)Nc2ccc(N3CCC(N4CCCC4C)C3)cc2S)c(C)c1. The molecule has 0 aliphatic carbocycles. The number of thiol groups is 1. The number of likely N-dealkylation sites (tertiary alicyclic amines) is 1. The number of aryl methyl sites for hydroxylation is 2. The van der Waals surface area contributed by atoms with Crippen LogP contribution in [-0.2, 0) is 0 Å². The molecule has 1 N–H and O–H groups in total. The molecule has 154 valence electrons. The van der Waals surface area contributed by atoms with Crippen molar-refractivity contribution in [3.63, 3.8) is 0 Å². The molecule has 5 heteroatoms. The normalized spacial score (nSPS) is 22.3. The summed E-state index contributed by atoms with van der Waals surface area (Å²) in [6.07, 6.45) is 3.87. The predicted molar refractivity (Wildman–Crippen MR) is 124 cm³/mol. The van der Waals surface area contributed by atoms with Gasteiger partial charge in [0.25, 0.3) is 5.91 Å². The summed E-state index contributed by atoms with van der Waals surface area (Å²) in [7, 11) is 0. The Morgan fingerprint density at radius 1 is 1.10 bits per heavy atom. The Morgan fingerprint density at radius 2 is 1.93 bits per heavy atom. The first-order valence-corrected chi connectivity index (χ1v) is 11.1. The van der Waals surface area contributed by atoms with Crippen molar-refractivity contribution < 1.29 is 4.79 Å². The molecule has 2 saturated heterocycles. The van der Waals surface area contributed by atoms with Crippen LogP contribution in [0.1, 0.15) is 47.7 Å². The first-order chi connectivity index (χ1) is 13.9. The highest BCUT2D eigenvalue weighted by atomic mass is 32.1. The summed E-state index contributed by atoms with van der Waals surface area (Å²) in [5.74, 6) is -0.0881.